The van der Waals surface area contributed by atoms with Crippen molar-refractivity contribution in [2.45, 2.75) is 13.3 Å². The zero-order valence-corrected chi connectivity index (χ0v) is 8.15. The van der Waals surface area contributed by atoms with E-state index in [0.29, 0.717) is 11.3 Å². The maximum Gasteiger partial charge on any atom is 0.315 e. The van der Waals surface area contributed by atoms with E-state index in [2.05, 4.69) is 16.8 Å². The van der Waals surface area contributed by atoms with E-state index in [0.717, 1.165) is 0 Å². The van der Waals surface area contributed by atoms with Gasteiger partial charge in [0.2, 0.25) is 0 Å². The minimum Gasteiger partial charge on any atom is -0.481 e. The summed E-state index contributed by atoms with van der Waals surface area (Å²) in [6, 6.07) is 3.20. The van der Waals surface area contributed by atoms with Gasteiger partial charge in [-0.2, -0.15) is 0 Å². The fourth-order valence-corrected chi connectivity index (χ4v) is 0.898. The van der Waals surface area contributed by atoms with Crippen molar-refractivity contribution in [1.29, 1.82) is 0 Å². The Balaban J connectivity index is 2.75. The smallest absolute Gasteiger partial charge is 0.315 e. The van der Waals surface area contributed by atoms with Gasteiger partial charge in [0, 0.05) is 18.7 Å². The average molecular weight is 203 g/mol. The van der Waals surface area contributed by atoms with Gasteiger partial charge < -0.3 is 5.11 Å². The second kappa shape index (κ2) is 4.91. The summed E-state index contributed by atoms with van der Waals surface area (Å²) in [6.07, 6.45) is 1.25. The molecule has 15 heavy (non-hydrogen) atoms. The van der Waals surface area contributed by atoms with Gasteiger partial charge in [0.1, 0.15) is 12.1 Å². The Kier molecular flexibility index (Phi) is 3.58. The maximum atomic E-state index is 10.9. The summed E-state index contributed by atoms with van der Waals surface area (Å²) < 4.78 is 0. The molecule has 0 aliphatic rings. The van der Waals surface area contributed by atoms with Crippen molar-refractivity contribution < 1.29 is 14.7 Å². The lowest BCUT2D eigenvalue weighted by Gasteiger charge is -1.93. The van der Waals surface area contributed by atoms with E-state index < -0.39 is 5.97 Å². The van der Waals surface area contributed by atoms with E-state index in [1.807, 2.05) is 0 Å². The van der Waals surface area contributed by atoms with Crippen LogP contribution in [0.5, 0.6) is 0 Å². The van der Waals surface area contributed by atoms with Crippen molar-refractivity contribution in [2.24, 2.45) is 0 Å². The molecular weight excluding hydrogens is 194 g/mol. The minimum atomic E-state index is -0.962. The van der Waals surface area contributed by atoms with Crippen LogP contribution in [0.1, 0.15) is 29.4 Å². The monoisotopic (exact) mass is 203 g/mol. The summed E-state index contributed by atoms with van der Waals surface area (Å²) in [7, 11) is 0. The number of carbonyl (C=O) groups excluding carboxylic acids is 1. The molecule has 4 nitrogen and oxygen atoms in total. The Bertz CT molecular complexity index is 437. The van der Waals surface area contributed by atoms with Gasteiger partial charge in [-0.1, -0.05) is 11.8 Å². The molecule has 0 saturated heterocycles. The number of hydrogen-bond acceptors (Lipinski definition) is 3. The van der Waals surface area contributed by atoms with E-state index in [9.17, 15) is 9.59 Å². The summed E-state index contributed by atoms with van der Waals surface area (Å²) in [5, 5.41) is 8.35. The molecule has 1 aromatic rings. The van der Waals surface area contributed by atoms with Gasteiger partial charge in [-0.05, 0) is 12.1 Å². The number of carboxylic acids is 1. The zero-order chi connectivity index (χ0) is 11.3. The lowest BCUT2D eigenvalue weighted by atomic mass is 10.2. The molecule has 0 unspecified atom stereocenters. The van der Waals surface area contributed by atoms with E-state index in [1.165, 1.54) is 13.1 Å². The third-order valence-corrected chi connectivity index (χ3v) is 1.60. The number of rotatable bonds is 2. The molecule has 1 heterocycles. The van der Waals surface area contributed by atoms with Gasteiger partial charge in [-0.3, -0.25) is 14.6 Å². The highest BCUT2D eigenvalue weighted by Crippen LogP contribution is 1.99. The predicted octanol–water partition coefficient (Wildman–Crippen LogP) is 1.11. The Hall–Kier alpha value is -2.15. The number of aromatic nitrogens is 1. The van der Waals surface area contributed by atoms with Gasteiger partial charge in [0.25, 0.3) is 0 Å². The molecule has 1 N–H and O–H groups in total. The Morgan fingerprint density at radius 2 is 2.20 bits per heavy atom. The molecule has 0 aliphatic heterocycles. The van der Waals surface area contributed by atoms with Crippen molar-refractivity contribution in [3.63, 3.8) is 0 Å². The van der Waals surface area contributed by atoms with Crippen molar-refractivity contribution in [2.75, 3.05) is 0 Å². The molecule has 0 radical (unpaired) electrons. The first kappa shape index (κ1) is 10.9. The number of Topliss-reactive ketones (excluding diaryl/α,β-unsaturated/α-hetero) is 1. The van der Waals surface area contributed by atoms with Crippen LogP contribution in [0.3, 0.4) is 0 Å². The number of carbonyl (C=O) groups is 2. The van der Waals surface area contributed by atoms with Crippen LogP contribution in [0, 0.1) is 11.8 Å². The number of carboxylic acid groups (broad SMARTS) is 1. The largest absolute Gasteiger partial charge is 0.481 e. The topological polar surface area (TPSA) is 67.3 Å². The fraction of sp³-hybridized carbons (Fsp3) is 0.182. The van der Waals surface area contributed by atoms with E-state index in [4.69, 9.17) is 5.11 Å². The summed E-state index contributed by atoms with van der Waals surface area (Å²) in [4.78, 5) is 24.9. The van der Waals surface area contributed by atoms with Crippen LogP contribution >= 0.6 is 0 Å². The molecule has 0 amide bonds. The van der Waals surface area contributed by atoms with Crippen molar-refractivity contribution >= 4 is 11.8 Å². The molecule has 1 aromatic heterocycles. The van der Waals surface area contributed by atoms with Crippen molar-refractivity contribution in [3.8, 4) is 11.8 Å². The second-order valence-electron chi connectivity index (χ2n) is 2.86. The molecule has 0 aliphatic carbocycles. The zero-order valence-electron chi connectivity index (χ0n) is 8.15. The van der Waals surface area contributed by atoms with Crippen LogP contribution < -0.4 is 0 Å². The summed E-state index contributed by atoms with van der Waals surface area (Å²) in [6.45, 7) is 1.43. The molecule has 0 spiro atoms. The Morgan fingerprint density at radius 1 is 1.47 bits per heavy atom. The van der Waals surface area contributed by atoms with Crippen LogP contribution in [0.15, 0.2) is 18.3 Å². The number of pyridine rings is 1. The van der Waals surface area contributed by atoms with Crippen molar-refractivity contribution in [3.05, 3.63) is 29.6 Å². The van der Waals surface area contributed by atoms with Crippen LogP contribution in [0.25, 0.3) is 0 Å². The number of nitrogens with zero attached hydrogens (tertiary/aromatic N) is 1. The summed E-state index contributed by atoms with van der Waals surface area (Å²) in [5.41, 5.74) is 0.972. The molecule has 4 heteroatoms. The molecular formula is C11H9NO3. The normalized spacial score (nSPS) is 8.87. The van der Waals surface area contributed by atoms with Gasteiger partial charge in [0.15, 0.2) is 5.78 Å². The molecule has 0 saturated carbocycles. The molecule has 76 valence electrons. The predicted molar refractivity (Wildman–Crippen MR) is 53.4 cm³/mol. The summed E-state index contributed by atoms with van der Waals surface area (Å²) in [5.74, 6) is 4.04. The lowest BCUT2D eigenvalue weighted by Crippen LogP contribution is -1.95. The first-order valence-electron chi connectivity index (χ1n) is 4.27. The maximum absolute atomic E-state index is 10.9. The van der Waals surface area contributed by atoms with E-state index in [-0.39, 0.29) is 12.2 Å². The Labute approximate surface area is 87.0 Å². The van der Waals surface area contributed by atoms with Crippen LogP contribution in [0.4, 0.5) is 0 Å². The first-order valence-corrected chi connectivity index (χ1v) is 4.27. The van der Waals surface area contributed by atoms with Crippen LogP contribution in [0.2, 0.25) is 0 Å². The molecule has 0 bridgehead atoms. The van der Waals surface area contributed by atoms with Gasteiger partial charge in [-0.25, -0.2) is 0 Å². The van der Waals surface area contributed by atoms with E-state index >= 15 is 0 Å². The highest BCUT2D eigenvalue weighted by atomic mass is 16.4. The van der Waals surface area contributed by atoms with Crippen LogP contribution in [-0.2, 0) is 4.79 Å². The molecule has 0 atom stereocenters. The van der Waals surface area contributed by atoms with E-state index in [1.54, 1.807) is 12.1 Å². The summed E-state index contributed by atoms with van der Waals surface area (Å²) >= 11 is 0. The fourth-order valence-electron chi connectivity index (χ4n) is 0.898. The molecule has 0 fully saturated rings. The van der Waals surface area contributed by atoms with Crippen LogP contribution in [-0.4, -0.2) is 21.8 Å². The first-order chi connectivity index (χ1) is 7.09. The van der Waals surface area contributed by atoms with Gasteiger partial charge in [0.05, 0.1) is 0 Å². The molecule has 1 rings (SSSR count). The third kappa shape index (κ3) is 3.61. The number of ketones is 1. The SMILES string of the molecule is CC(=O)c1ccc(C#CCC(=O)O)cn1. The van der Waals surface area contributed by atoms with Crippen molar-refractivity contribution in [1.82, 2.24) is 4.98 Å². The number of aliphatic carboxylic acids is 1. The highest BCUT2D eigenvalue weighted by molar-refractivity contribution is 5.92. The standard InChI is InChI=1S/C11H9NO3/c1-8(13)10-6-5-9(7-12-10)3-2-4-11(14)15/h5-7H,4H2,1H3,(H,14,15). The highest BCUT2D eigenvalue weighted by Gasteiger charge is 1.98. The molecule has 0 aromatic carbocycles. The quantitative estimate of drug-likeness (QED) is 0.577. The average Bonchev–Trinajstić information content (AvgIpc) is 2.18. The Morgan fingerprint density at radius 3 is 2.67 bits per heavy atom. The lowest BCUT2D eigenvalue weighted by molar-refractivity contribution is -0.135. The second-order valence-corrected chi connectivity index (χ2v) is 2.86. The third-order valence-electron chi connectivity index (χ3n) is 1.60. The number of hydrogen-bond donors (Lipinski definition) is 1. The minimum absolute atomic E-state index is 0.111. The van der Waals surface area contributed by atoms with Gasteiger partial charge >= 0.3 is 5.97 Å². The van der Waals surface area contributed by atoms with Gasteiger partial charge in [-0.15, -0.1) is 0 Å².